The first-order chi connectivity index (χ1) is 9.69. The Hall–Kier alpha value is -1.47. The predicted molar refractivity (Wildman–Crippen MR) is 75.2 cm³/mol. The molecular formula is C13H16ClF3N2O2. The standard InChI is InChI=1S/C13H16ClF3N2O2/c1-8(21-6-2-5-13(15,16)17)12(20)19-11-7-9(14)3-4-10(11)18/h3-4,7-8H,2,5-6,18H2,1H3,(H,19,20). The molecule has 0 saturated heterocycles. The third-order valence-electron chi connectivity index (χ3n) is 2.61. The highest BCUT2D eigenvalue weighted by molar-refractivity contribution is 6.31. The molecule has 0 saturated carbocycles. The van der Waals surface area contributed by atoms with Crippen molar-refractivity contribution in [1.29, 1.82) is 0 Å². The van der Waals surface area contributed by atoms with Crippen LogP contribution in [-0.2, 0) is 9.53 Å². The average Bonchev–Trinajstić information content (AvgIpc) is 2.37. The molecule has 0 spiro atoms. The van der Waals surface area contributed by atoms with E-state index in [4.69, 9.17) is 22.1 Å². The van der Waals surface area contributed by atoms with Crippen LogP contribution in [-0.4, -0.2) is 24.8 Å². The fourth-order valence-electron chi connectivity index (χ4n) is 1.48. The van der Waals surface area contributed by atoms with Crippen molar-refractivity contribution in [3.63, 3.8) is 0 Å². The number of anilines is 2. The molecule has 0 fully saturated rings. The molecule has 0 radical (unpaired) electrons. The lowest BCUT2D eigenvalue weighted by Gasteiger charge is -2.15. The molecule has 8 heteroatoms. The first-order valence-corrected chi connectivity index (χ1v) is 6.61. The van der Waals surface area contributed by atoms with Crippen LogP contribution in [0.15, 0.2) is 18.2 Å². The molecule has 1 atom stereocenters. The van der Waals surface area contributed by atoms with Crippen LogP contribution in [0.1, 0.15) is 19.8 Å². The Balaban J connectivity index is 2.42. The van der Waals surface area contributed by atoms with Gasteiger partial charge in [-0.3, -0.25) is 4.79 Å². The largest absolute Gasteiger partial charge is 0.397 e. The molecule has 0 bridgehead atoms. The quantitative estimate of drug-likeness (QED) is 0.620. The molecule has 0 heterocycles. The molecule has 1 aromatic carbocycles. The van der Waals surface area contributed by atoms with Crippen molar-refractivity contribution in [3.8, 4) is 0 Å². The van der Waals surface area contributed by atoms with Crippen LogP contribution >= 0.6 is 11.6 Å². The molecule has 3 N–H and O–H groups in total. The van der Waals surface area contributed by atoms with E-state index in [1.54, 1.807) is 6.07 Å². The van der Waals surface area contributed by atoms with Crippen molar-refractivity contribution < 1.29 is 22.7 Å². The second-order valence-corrected chi connectivity index (χ2v) is 4.89. The fraction of sp³-hybridized carbons (Fsp3) is 0.462. The summed E-state index contributed by atoms with van der Waals surface area (Å²) in [6.45, 7) is 1.29. The number of halogens is 4. The highest BCUT2D eigenvalue weighted by atomic mass is 35.5. The Bertz CT molecular complexity index is 495. The summed E-state index contributed by atoms with van der Waals surface area (Å²) in [5.41, 5.74) is 6.33. The lowest BCUT2D eigenvalue weighted by atomic mass is 10.2. The summed E-state index contributed by atoms with van der Waals surface area (Å²) in [6, 6.07) is 4.58. The van der Waals surface area contributed by atoms with Crippen LogP contribution in [0, 0.1) is 0 Å². The number of carbonyl (C=O) groups is 1. The SMILES string of the molecule is CC(OCCCC(F)(F)F)C(=O)Nc1cc(Cl)ccc1N. The van der Waals surface area contributed by atoms with Crippen molar-refractivity contribution in [3.05, 3.63) is 23.2 Å². The maximum atomic E-state index is 11.9. The number of amides is 1. The van der Waals surface area contributed by atoms with Gasteiger partial charge in [-0.05, 0) is 31.5 Å². The number of rotatable bonds is 6. The van der Waals surface area contributed by atoms with Crippen LogP contribution in [0.3, 0.4) is 0 Å². The molecule has 0 aromatic heterocycles. The number of benzene rings is 1. The van der Waals surface area contributed by atoms with Gasteiger partial charge in [0.25, 0.3) is 5.91 Å². The minimum absolute atomic E-state index is 0.154. The highest BCUT2D eigenvalue weighted by Crippen LogP contribution is 2.23. The summed E-state index contributed by atoms with van der Waals surface area (Å²) < 4.78 is 40.9. The zero-order valence-electron chi connectivity index (χ0n) is 11.3. The minimum atomic E-state index is -4.22. The smallest absolute Gasteiger partial charge is 0.389 e. The number of hydrogen-bond acceptors (Lipinski definition) is 3. The van der Waals surface area contributed by atoms with Crippen LogP contribution in [0.4, 0.5) is 24.5 Å². The predicted octanol–water partition coefficient (Wildman–Crippen LogP) is 3.61. The zero-order chi connectivity index (χ0) is 16.0. The third kappa shape index (κ3) is 6.68. The van der Waals surface area contributed by atoms with E-state index in [0.717, 1.165) is 0 Å². The summed E-state index contributed by atoms with van der Waals surface area (Å²) in [5, 5.41) is 2.91. The second-order valence-electron chi connectivity index (χ2n) is 4.45. The lowest BCUT2D eigenvalue weighted by molar-refractivity contribution is -0.140. The molecule has 1 aromatic rings. The van der Waals surface area contributed by atoms with Gasteiger partial charge in [0.2, 0.25) is 0 Å². The van der Waals surface area contributed by atoms with Gasteiger partial charge < -0.3 is 15.8 Å². The molecule has 1 rings (SSSR count). The van der Waals surface area contributed by atoms with E-state index in [2.05, 4.69) is 5.32 Å². The molecular weight excluding hydrogens is 309 g/mol. The van der Waals surface area contributed by atoms with E-state index in [1.165, 1.54) is 19.1 Å². The van der Waals surface area contributed by atoms with Gasteiger partial charge in [-0.15, -0.1) is 0 Å². The number of alkyl halides is 3. The molecule has 118 valence electrons. The topological polar surface area (TPSA) is 64.3 Å². The Morgan fingerprint density at radius 1 is 1.48 bits per heavy atom. The summed E-state index contributed by atoms with van der Waals surface area (Å²) in [6.07, 6.45) is -6.25. The first kappa shape index (κ1) is 17.6. The summed E-state index contributed by atoms with van der Waals surface area (Å²) in [7, 11) is 0. The maximum Gasteiger partial charge on any atom is 0.389 e. The van der Waals surface area contributed by atoms with Gasteiger partial charge in [0, 0.05) is 18.1 Å². The van der Waals surface area contributed by atoms with Crippen molar-refractivity contribution in [1.82, 2.24) is 0 Å². The van der Waals surface area contributed by atoms with E-state index in [1.807, 2.05) is 0 Å². The summed E-state index contributed by atoms with van der Waals surface area (Å²) >= 11 is 5.78. The van der Waals surface area contributed by atoms with Gasteiger partial charge >= 0.3 is 6.18 Å². The normalized spacial score (nSPS) is 13.0. The minimum Gasteiger partial charge on any atom is -0.397 e. The molecule has 4 nitrogen and oxygen atoms in total. The Labute approximate surface area is 125 Å². The molecule has 1 amide bonds. The van der Waals surface area contributed by atoms with Gasteiger partial charge in [0.1, 0.15) is 6.10 Å². The van der Waals surface area contributed by atoms with Crippen LogP contribution in [0.25, 0.3) is 0 Å². The van der Waals surface area contributed by atoms with Gasteiger partial charge in [0.05, 0.1) is 11.4 Å². The number of nitrogen functional groups attached to an aromatic ring is 1. The Morgan fingerprint density at radius 2 is 2.14 bits per heavy atom. The number of nitrogens with one attached hydrogen (secondary N) is 1. The second kappa shape index (κ2) is 7.51. The number of carbonyl (C=O) groups excluding carboxylic acids is 1. The molecule has 1 unspecified atom stereocenters. The fourth-order valence-corrected chi connectivity index (χ4v) is 1.65. The number of nitrogens with two attached hydrogens (primary N) is 1. The van der Waals surface area contributed by atoms with Crippen LogP contribution < -0.4 is 11.1 Å². The summed E-state index contributed by atoms with van der Waals surface area (Å²) in [5.74, 6) is -0.504. The molecule has 0 aliphatic rings. The zero-order valence-corrected chi connectivity index (χ0v) is 12.1. The van der Waals surface area contributed by atoms with Crippen molar-refractivity contribution >= 4 is 28.9 Å². The van der Waals surface area contributed by atoms with Gasteiger partial charge in [0.15, 0.2) is 0 Å². The average molecular weight is 325 g/mol. The number of ether oxygens (including phenoxy) is 1. The van der Waals surface area contributed by atoms with Gasteiger partial charge in [-0.25, -0.2) is 0 Å². The first-order valence-electron chi connectivity index (χ1n) is 6.23. The van der Waals surface area contributed by atoms with Crippen LogP contribution in [0.5, 0.6) is 0 Å². The molecule has 21 heavy (non-hydrogen) atoms. The molecule has 0 aliphatic heterocycles. The number of hydrogen-bond donors (Lipinski definition) is 2. The Morgan fingerprint density at radius 3 is 2.76 bits per heavy atom. The highest BCUT2D eigenvalue weighted by Gasteiger charge is 2.26. The third-order valence-corrected chi connectivity index (χ3v) is 2.85. The van der Waals surface area contributed by atoms with Crippen molar-refractivity contribution in [2.45, 2.75) is 32.0 Å². The van der Waals surface area contributed by atoms with Gasteiger partial charge in [-0.1, -0.05) is 11.6 Å². The van der Waals surface area contributed by atoms with E-state index < -0.39 is 24.6 Å². The Kier molecular flexibility index (Phi) is 6.29. The summed E-state index contributed by atoms with van der Waals surface area (Å²) in [4.78, 5) is 11.8. The van der Waals surface area contributed by atoms with Gasteiger partial charge in [-0.2, -0.15) is 13.2 Å². The van der Waals surface area contributed by atoms with Crippen LogP contribution in [0.2, 0.25) is 5.02 Å². The van der Waals surface area contributed by atoms with Crippen molar-refractivity contribution in [2.24, 2.45) is 0 Å². The maximum absolute atomic E-state index is 11.9. The molecule has 0 aliphatic carbocycles. The monoisotopic (exact) mass is 324 g/mol. The van der Waals surface area contributed by atoms with Crippen molar-refractivity contribution in [2.75, 3.05) is 17.7 Å². The van der Waals surface area contributed by atoms with E-state index in [-0.39, 0.29) is 13.0 Å². The lowest BCUT2D eigenvalue weighted by Crippen LogP contribution is -2.28. The van der Waals surface area contributed by atoms with E-state index in [0.29, 0.717) is 16.4 Å². The van der Waals surface area contributed by atoms with E-state index >= 15 is 0 Å². The van der Waals surface area contributed by atoms with E-state index in [9.17, 15) is 18.0 Å².